The maximum absolute atomic E-state index is 13.6. The molecule has 0 aliphatic carbocycles. The van der Waals surface area contributed by atoms with E-state index in [1.807, 2.05) is 28.7 Å². The minimum Gasteiger partial charge on any atom is -0.391 e. The number of carbonyl (C=O) groups is 1. The number of carbonyl (C=O) groups excluding carboxylic acids is 1. The lowest BCUT2D eigenvalue weighted by molar-refractivity contribution is -0.0364. The first-order chi connectivity index (χ1) is 17.5. The van der Waals surface area contributed by atoms with E-state index >= 15 is 0 Å². The standard InChI is InChI=1S/C26H25FN6O3/c1-15(34)22-14-32(8-9-36-22)17-2-5-23(28-11-17)31-20-4-3-18(19-12-30-26(35)25(19)20)21-13-29-24-10-16(27)6-7-33(21)24/h2-7,10-11,13,15,22,34H,8-9,12,14H2,1H3,(H,28,31)(H,30,35)/t15-,22?/m1/s1. The zero-order chi connectivity index (χ0) is 24.8. The van der Waals surface area contributed by atoms with Crippen molar-refractivity contribution in [3.8, 4) is 11.3 Å². The van der Waals surface area contributed by atoms with Crippen LogP contribution in [0.15, 0.2) is 55.0 Å². The molecule has 2 aliphatic rings. The topological polar surface area (TPSA) is 104 Å². The monoisotopic (exact) mass is 488 g/mol. The third-order valence-electron chi connectivity index (χ3n) is 6.72. The van der Waals surface area contributed by atoms with Crippen LogP contribution in [-0.2, 0) is 11.3 Å². The largest absolute Gasteiger partial charge is 0.391 e. The smallest absolute Gasteiger partial charge is 0.254 e. The molecule has 36 heavy (non-hydrogen) atoms. The number of ether oxygens (including phenoxy) is 1. The van der Waals surface area contributed by atoms with E-state index in [0.29, 0.717) is 42.4 Å². The van der Waals surface area contributed by atoms with Crippen LogP contribution in [0.3, 0.4) is 0 Å². The second-order valence-electron chi connectivity index (χ2n) is 9.04. The molecule has 10 heteroatoms. The number of nitrogens with zero attached hydrogens (tertiary/aromatic N) is 4. The van der Waals surface area contributed by atoms with Gasteiger partial charge in [-0.15, -0.1) is 0 Å². The maximum Gasteiger partial charge on any atom is 0.254 e. The lowest BCUT2D eigenvalue weighted by Gasteiger charge is -2.35. The van der Waals surface area contributed by atoms with Crippen LogP contribution >= 0.6 is 0 Å². The molecule has 0 radical (unpaired) electrons. The summed E-state index contributed by atoms with van der Waals surface area (Å²) in [6, 6.07) is 10.4. The Kier molecular flexibility index (Phi) is 5.54. The number of aliphatic hydroxyl groups is 1. The molecule has 3 N–H and O–H groups in total. The number of aromatic nitrogens is 3. The lowest BCUT2D eigenvalue weighted by Crippen LogP contribution is -2.47. The summed E-state index contributed by atoms with van der Waals surface area (Å²) < 4.78 is 21.1. The van der Waals surface area contributed by atoms with Crippen molar-refractivity contribution in [3.63, 3.8) is 0 Å². The van der Waals surface area contributed by atoms with E-state index in [0.717, 1.165) is 29.1 Å². The molecule has 1 amide bonds. The van der Waals surface area contributed by atoms with E-state index < -0.39 is 6.10 Å². The van der Waals surface area contributed by atoms with Crippen LogP contribution < -0.4 is 15.5 Å². The second-order valence-corrected chi connectivity index (χ2v) is 9.04. The number of hydrogen-bond acceptors (Lipinski definition) is 7. The lowest BCUT2D eigenvalue weighted by atomic mass is 9.99. The molecule has 2 atom stereocenters. The summed E-state index contributed by atoms with van der Waals surface area (Å²) in [4.78, 5) is 23.8. The van der Waals surface area contributed by atoms with Crippen LogP contribution in [0.5, 0.6) is 0 Å². The Hall–Kier alpha value is -4.02. The van der Waals surface area contributed by atoms with E-state index in [9.17, 15) is 14.3 Å². The number of hydrogen-bond donors (Lipinski definition) is 3. The SMILES string of the molecule is C[C@@H](O)C1CN(c2ccc(Nc3ccc(-c4cnc5cc(F)ccn45)c4c3C(=O)NC4)nc2)CCO1. The molecule has 5 heterocycles. The molecular formula is C26H25FN6O3. The number of halogens is 1. The third kappa shape index (κ3) is 3.94. The van der Waals surface area contributed by atoms with Crippen molar-refractivity contribution in [3.05, 3.63) is 71.9 Å². The molecule has 9 nitrogen and oxygen atoms in total. The zero-order valence-corrected chi connectivity index (χ0v) is 19.6. The van der Waals surface area contributed by atoms with Crippen LogP contribution in [0.4, 0.5) is 21.6 Å². The molecular weight excluding hydrogens is 463 g/mol. The van der Waals surface area contributed by atoms with Crippen LogP contribution in [0.1, 0.15) is 22.8 Å². The summed E-state index contributed by atoms with van der Waals surface area (Å²) in [5, 5.41) is 16.1. The summed E-state index contributed by atoms with van der Waals surface area (Å²) in [6.45, 7) is 3.99. The van der Waals surface area contributed by atoms with Gasteiger partial charge in [0.15, 0.2) is 0 Å². The van der Waals surface area contributed by atoms with Crippen molar-refractivity contribution < 1.29 is 19.0 Å². The molecule has 1 aromatic carbocycles. The summed E-state index contributed by atoms with van der Waals surface area (Å²) in [6.07, 6.45) is 4.33. The maximum atomic E-state index is 13.6. The molecule has 1 unspecified atom stereocenters. The number of imidazole rings is 1. The molecule has 0 saturated carbocycles. The van der Waals surface area contributed by atoms with Gasteiger partial charge >= 0.3 is 0 Å². The van der Waals surface area contributed by atoms with E-state index in [1.54, 1.807) is 25.5 Å². The predicted octanol–water partition coefficient (Wildman–Crippen LogP) is 3.11. The van der Waals surface area contributed by atoms with Gasteiger partial charge in [0, 0.05) is 37.5 Å². The average Bonchev–Trinajstić information content (AvgIpc) is 3.48. The molecule has 1 saturated heterocycles. The van der Waals surface area contributed by atoms with Gasteiger partial charge in [0.25, 0.3) is 5.91 Å². The molecule has 3 aromatic heterocycles. The highest BCUT2D eigenvalue weighted by atomic mass is 19.1. The Morgan fingerprint density at radius 2 is 2.11 bits per heavy atom. The first-order valence-corrected chi connectivity index (χ1v) is 11.8. The number of benzene rings is 1. The minimum atomic E-state index is -0.542. The predicted molar refractivity (Wildman–Crippen MR) is 133 cm³/mol. The number of fused-ring (bicyclic) bond motifs is 2. The first-order valence-electron chi connectivity index (χ1n) is 11.8. The van der Waals surface area contributed by atoms with Gasteiger partial charge in [-0.2, -0.15) is 0 Å². The Bertz CT molecular complexity index is 1450. The number of pyridine rings is 2. The molecule has 2 aliphatic heterocycles. The summed E-state index contributed by atoms with van der Waals surface area (Å²) in [5.74, 6) is 0.0958. The van der Waals surface area contributed by atoms with Crippen LogP contribution in [0.2, 0.25) is 0 Å². The van der Waals surface area contributed by atoms with Gasteiger partial charge in [0.1, 0.15) is 23.4 Å². The van der Waals surface area contributed by atoms with E-state index in [2.05, 4.69) is 25.5 Å². The summed E-state index contributed by atoms with van der Waals surface area (Å²) in [5.41, 5.74) is 5.15. The number of rotatable bonds is 5. The van der Waals surface area contributed by atoms with Crippen molar-refractivity contribution in [1.82, 2.24) is 19.7 Å². The van der Waals surface area contributed by atoms with Gasteiger partial charge < -0.3 is 25.4 Å². The quantitative estimate of drug-likeness (QED) is 0.397. The molecule has 0 spiro atoms. The van der Waals surface area contributed by atoms with Crippen molar-refractivity contribution in [2.75, 3.05) is 29.9 Å². The van der Waals surface area contributed by atoms with Gasteiger partial charge in [0.05, 0.1) is 47.7 Å². The highest BCUT2D eigenvalue weighted by Gasteiger charge is 2.28. The molecule has 1 fully saturated rings. The van der Waals surface area contributed by atoms with Crippen LogP contribution in [-0.4, -0.2) is 57.3 Å². The summed E-state index contributed by atoms with van der Waals surface area (Å²) in [7, 11) is 0. The third-order valence-corrected chi connectivity index (χ3v) is 6.72. The Balaban J connectivity index is 1.28. The van der Waals surface area contributed by atoms with Crippen molar-refractivity contribution in [2.24, 2.45) is 0 Å². The average molecular weight is 489 g/mol. The fourth-order valence-electron chi connectivity index (χ4n) is 4.83. The number of amides is 1. The zero-order valence-electron chi connectivity index (χ0n) is 19.6. The van der Waals surface area contributed by atoms with Gasteiger partial charge in [-0.25, -0.2) is 14.4 Å². The minimum absolute atomic E-state index is 0.164. The highest BCUT2D eigenvalue weighted by molar-refractivity contribution is 6.06. The number of nitrogens with one attached hydrogen (secondary N) is 2. The highest BCUT2D eigenvalue weighted by Crippen LogP contribution is 2.35. The number of morpholine rings is 1. The Morgan fingerprint density at radius 1 is 1.22 bits per heavy atom. The van der Waals surface area contributed by atoms with E-state index in [-0.39, 0.29) is 17.8 Å². The molecule has 184 valence electrons. The second kappa shape index (κ2) is 8.89. The van der Waals surface area contributed by atoms with Crippen molar-refractivity contribution in [2.45, 2.75) is 25.7 Å². The normalized spacial score (nSPS) is 18.2. The number of anilines is 3. The van der Waals surface area contributed by atoms with E-state index in [1.165, 1.54) is 12.1 Å². The van der Waals surface area contributed by atoms with Crippen LogP contribution in [0.25, 0.3) is 16.9 Å². The summed E-state index contributed by atoms with van der Waals surface area (Å²) >= 11 is 0. The Labute approximate surface area is 206 Å². The Morgan fingerprint density at radius 3 is 2.92 bits per heavy atom. The van der Waals surface area contributed by atoms with Crippen molar-refractivity contribution >= 4 is 28.7 Å². The fraction of sp³-hybridized carbons (Fsp3) is 0.269. The van der Waals surface area contributed by atoms with E-state index in [4.69, 9.17) is 4.74 Å². The van der Waals surface area contributed by atoms with Crippen LogP contribution in [0, 0.1) is 5.82 Å². The molecule has 0 bridgehead atoms. The molecule has 6 rings (SSSR count). The van der Waals surface area contributed by atoms with Crippen molar-refractivity contribution in [1.29, 1.82) is 0 Å². The van der Waals surface area contributed by atoms with Gasteiger partial charge in [-0.05, 0) is 36.8 Å². The van der Waals surface area contributed by atoms with Gasteiger partial charge in [-0.1, -0.05) is 6.07 Å². The van der Waals surface area contributed by atoms with Gasteiger partial charge in [-0.3, -0.25) is 9.20 Å². The van der Waals surface area contributed by atoms with Gasteiger partial charge in [0.2, 0.25) is 0 Å². The number of aliphatic hydroxyl groups excluding tert-OH is 1. The first kappa shape index (κ1) is 22.4. The fourth-order valence-corrected chi connectivity index (χ4v) is 4.83. The molecule has 4 aromatic rings.